The van der Waals surface area contributed by atoms with Gasteiger partial charge in [-0.15, -0.1) is 0 Å². The molecule has 6 heteroatoms. The van der Waals surface area contributed by atoms with Crippen LogP contribution < -0.4 is 5.01 Å². The van der Waals surface area contributed by atoms with E-state index in [9.17, 15) is 4.79 Å². The van der Waals surface area contributed by atoms with Crippen molar-refractivity contribution in [3.63, 3.8) is 0 Å². The second-order valence-electron chi connectivity index (χ2n) is 2.17. The van der Waals surface area contributed by atoms with E-state index in [1.807, 2.05) is 0 Å². The molecule has 1 amide bonds. The van der Waals surface area contributed by atoms with Crippen LogP contribution in [0.15, 0.2) is 12.1 Å². The molecule has 0 atom stereocenters. The third-order valence-corrected chi connectivity index (χ3v) is 1.39. The normalized spacial score (nSPS) is 9.75. The summed E-state index contributed by atoms with van der Waals surface area (Å²) in [7, 11) is 1.20. The lowest BCUT2D eigenvalue weighted by Gasteiger charge is -2.15. The lowest BCUT2D eigenvalue weighted by molar-refractivity contribution is 0.193. The molecule has 0 unspecified atom stereocenters. The Morgan fingerprint density at radius 1 is 1.42 bits per heavy atom. The van der Waals surface area contributed by atoms with Crippen molar-refractivity contribution in [2.45, 2.75) is 0 Å². The summed E-state index contributed by atoms with van der Waals surface area (Å²) in [5, 5.41) is 27.2. The highest BCUT2D eigenvalue weighted by Gasteiger charge is 2.14. The van der Waals surface area contributed by atoms with Gasteiger partial charge in [-0.25, -0.2) is 9.80 Å². The Hall–Kier alpha value is -1.85. The molecule has 0 saturated carbocycles. The molecule has 1 heterocycles. The third-order valence-electron chi connectivity index (χ3n) is 1.39. The smallest absolute Gasteiger partial charge is 0.426 e. The zero-order valence-electron chi connectivity index (χ0n) is 6.30. The quantitative estimate of drug-likeness (QED) is 0.562. The van der Waals surface area contributed by atoms with Gasteiger partial charge < -0.3 is 15.3 Å². The standard InChI is InChI=1S/C6H8N2O4/c1-7(6(11)12)8-4(9)2-3-5(8)10/h2-3,9-10H,1H3,(H,11,12). The van der Waals surface area contributed by atoms with Crippen LogP contribution in [0.25, 0.3) is 0 Å². The van der Waals surface area contributed by atoms with Crippen molar-refractivity contribution in [3.05, 3.63) is 12.1 Å². The Morgan fingerprint density at radius 2 is 1.83 bits per heavy atom. The predicted octanol–water partition coefficient (Wildman–Crippen LogP) is 0.145. The topological polar surface area (TPSA) is 85.9 Å². The first kappa shape index (κ1) is 8.25. The van der Waals surface area contributed by atoms with Gasteiger partial charge in [-0.05, 0) is 0 Å². The molecule has 0 saturated heterocycles. The number of nitrogens with zero attached hydrogens (tertiary/aromatic N) is 2. The number of hydrogen-bond donors (Lipinski definition) is 3. The highest BCUT2D eigenvalue weighted by molar-refractivity contribution is 5.76. The summed E-state index contributed by atoms with van der Waals surface area (Å²) in [6, 6.07) is 2.38. The molecule has 6 nitrogen and oxygen atoms in total. The Labute approximate surface area is 67.9 Å². The van der Waals surface area contributed by atoms with Gasteiger partial charge in [0.05, 0.1) is 0 Å². The fourth-order valence-electron chi connectivity index (χ4n) is 0.801. The molecule has 0 aromatic carbocycles. The van der Waals surface area contributed by atoms with Gasteiger partial charge in [-0.2, -0.15) is 4.68 Å². The van der Waals surface area contributed by atoms with Gasteiger partial charge in [0.25, 0.3) is 0 Å². The molecule has 0 radical (unpaired) electrons. The van der Waals surface area contributed by atoms with Crippen LogP contribution in [-0.2, 0) is 0 Å². The van der Waals surface area contributed by atoms with Crippen LogP contribution in [0.2, 0.25) is 0 Å². The minimum atomic E-state index is -1.28. The van der Waals surface area contributed by atoms with E-state index in [0.29, 0.717) is 5.01 Å². The van der Waals surface area contributed by atoms with Crippen molar-refractivity contribution in [3.8, 4) is 11.8 Å². The van der Waals surface area contributed by atoms with Crippen molar-refractivity contribution in [2.24, 2.45) is 0 Å². The zero-order valence-corrected chi connectivity index (χ0v) is 6.30. The van der Waals surface area contributed by atoms with E-state index in [1.165, 1.54) is 19.2 Å². The average molecular weight is 172 g/mol. The van der Waals surface area contributed by atoms with Crippen molar-refractivity contribution in [1.82, 2.24) is 4.68 Å². The van der Waals surface area contributed by atoms with Gasteiger partial charge in [-0.3, -0.25) is 0 Å². The second kappa shape index (κ2) is 2.65. The van der Waals surface area contributed by atoms with Crippen LogP contribution in [-0.4, -0.2) is 33.1 Å². The molecule has 3 N–H and O–H groups in total. The summed E-state index contributed by atoms with van der Waals surface area (Å²) in [6.07, 6.45) is -1.28. The van der Waals surface area contributed by atoms with Crippen LogP contribution in [0, 0.1) is 0 Å². The summed E-state index contributed by atoms with van der Waals surface area (Å²) >= 11 is 0. The molecule has 0 aliphatic heterocycles. The van der Waals surface area contributed by atoms with Gasteiger partial charge >= 0.3 is 6.09 Å². The maximum absolute atomic E-state index is 10.4. The number of rotatable bonds is 1. The first-order valence-corrected chi connectivity index (χ1v) is 3.10. The summed E-state index contributed by atoms with van der Waals surface area (Å²) in [6.45, 7) is 0. The van der Waals surface area contributed by atoms with Gasteiger partial charge in [-0.1, -0.05) is 0 Å². The largest absolute Gasteiger partial charge is 0.493 e. The number of carboxylic acid groups (broad SMARTS) is 1. The number of aromatic nitrogens is 1. The van der Waals surface area contributed by atoms with Gasteiger partial charge in [0.15, 0.2) is 0 Å². The molecular weight excluding hydrogens is 164 g/mol. The third kappa shape index (κ3) is 1.14. The molecule has 0 bridgehead atoms. The molecule has 0 aliphatic carbocycles. The predicted molar refractivity (Wildman–Crippen MR) is 39.9 cm³/mol. The van der Waals surface area contributed by atoms with Crippen molar-refractivity contribution >= 4 is 6.09 Å². The molecule has 0 fully saturated rings. The first-order valence-electron chi connectivity index (χ1n) is 3.10. The fourth-order valence-corrected chi connectivity index (χ4v) is 0.801. The van der Waals surface area contributed by atoms with E-state index in [1.54, 1.807) is 0 Å². The van der Waals surface area contributed by atoms with E-state index < -0.39 is 6.09 Å². The summed E-state index contributed by atoms with van der Waals surface area (Å²) in [5.41, 5.74) is 0. The Morgan fingerprint density at radius 3 is 2.17 bits per heavy atom. The SMILES string of the molecule is CN(C(=O)O)n1c(O)ccc1O. The second-order valence-corrected chi connectivity index (χ2v) is 2.17. The van der Waals surface area contributed by atoms with Gasteiger partial charge in [0.1, 0.15) is 0 Å². The number of aromatic hydroxyl groups is 2. The molecule has 66 valence electrons. The van der Waals surface area contributed by atoms with E-state index in [2.05, 4.69) is 0 Å². The molecule has 12 heavy (non-hydrogen) atoms. The van der Waals surface area contributed by atoms with Gasteiger partial charge in [0, 0.05) is 19.2 Å². The monoisotopic (exact) mass is 172 g/mol. The summed E-state index contributed by atoms with van der Waals surface area (Å²) in [4.78, 5) is 10.4. The first-order chi connectivity index (χ1) is 5.54. The highest BCUT2D eigenvalue weighted by atomic mass is 16.4. The molecule has 1 aromatic rings. The molecule has 1 rings (SSSR count). The summed E-state index contributed by atoms with van der Waals surface area (Å²) in [5.74, 6) is -0.671. The van der Waals surface area contributed by atoms with E-state index in [0.717, 1.165) is 4.68 Å². The Balaban J connectivity index is 3.08. The average Bonchev–Trinajstić information content (AvgIpc) is 2.30. The number of hydrogen-bond acceptors (Lipinski definition) is 3. The maximum Gasteiger partial charge on any atom is 0.426 e. The fraction of sp³-hybridized carbons (Fsp3) is 0.167. The van der Waals surface area contributed by atoms with E-state index in [-0.39, 0.29) is 11.8 Å². The van der Waals surface area contributed by atoms with Crippen molar-refractivity contribution < 1.29 is 20.1 Å². The minimum Gasteiger partial charge on any atom is -0.493 e. The molecular formula is C6H8N2O4. The Bertz CT molecular complexity index is 287. The zero-order chi connectivity index (χ0) is 9.30. The van der Waals surface area contributed by atoms with Crippen LogP contribution in [0.5, 0.6) is 11.8 Å². The molecule has 0 aliphatic rings. The minimum absolute atomic E-state index is 0.336. The lowest BCUT2D eigenvalue weighted by Crippen LogP contribution is -2.34. The molecule has 0 spiro atoms. The number of carbonyl (C=O) groups is 1. The molecule has 1 aromatic heterocycles. The van der Waals surface area contributed by atoms with E-state index >= 15 is 0 Å². The Kier molecular flexibility index (Phi) is 1.82. The summed E-state index contributed by atoms with van der Waals surface area (Å²) < 4.78 is 0.752. The van der Waals surface area contributed by atoms with Gasteiger partial charge in [0.2, 0.25) is 11.8 Å². The van der Waals surface area contributed by atoms with Crippen LogP contribution >= 0.6 is 0 Å². The van der Waals surface area contributed by atoms with Crippen LogP contribution in [0.1, 0.15) is 0 Å². The van der Waals surface area contributed by atoms with E-state index in [4.69, 9.17) is 15.3 Å². The number of amides is 1. The highest BCUT2D eigenvalue weighted by Crippen LogP contribution is 2.20. The maximum atomic E-state index is 10.4. The van der Waals surface area contributed by atoms with Crippen molar-refractivity contribution in [2.75, 3.05) is 12.1 Å². The van der Waals surface area contributed by atoms with Crippen molar-refractivity contribution in [1.29, 1.82) is 0 Å². The van der Waals surface area contributed by atoms with Crippen LogP contribution in [0.3, 0.4) is 0 Å². The lowest BCUT2D eigenvalue weighted by atomic mass is 10.6. The van der Waals surface area contributed by atoms with Crippen LogP contribution in [0.4, 0.5) is 4.79 Å².